The van der Waals surface area contributed by atoms with Gasteiger partial charge in [0.25, 0.3) is 0 Å². The lowest BCUT2D eigenvalue weighted by Crippen LogP contribution is -2.43. The molecule has 1 atom stereocenters. The summed E-state index contributed by atoms with van der Waals surface area (Å²) in [4.78, 5) is 15.8. The second-order valence-electron chi connectivity index (χ2n) is 8.26. The van der Waals surface area contributed by atoms with Crippen LogP contribution in [0.15, 0.2) is 84.9 Å². The molecule has 0 aromatic heterocycles. The van der Waals surface area contributed by atoms with Crippen molar-refractivity contribution in [1.82, 2.24) is 4.90 Å². The number of aryl methyl sites for hydroxylation is 1. The van der Waals surface area contributed by atoms with Crippen molar-refractivity contribution in [1.29, 1.82) is 0 Å². The molecule has 1 amide bonds. The Kier molecular flexibility index (Phi) is 6.23. The Labute approximate surface area is 184 Å². The summed E-state index contributed by atoms with van der Waals surface area (Å²) >= 11 is 0. The van der Waals surface area contributed by atoms with Crippen molar-refractivity contribution < 1.29 is 13.2 Å². The third-order valence-corrected chi connectivity index (χ3v) is 7.67. The number of rotatable bonds is 6. The molecule has 4 rings (SSSR count). The highest BCUT2D eigenvalue weighted by Gasteiger charge is 2.37. The summed E-state index contributed by atoms with van der Waals surface area (Å²) in [5.74, 6) is -0.367. The number of carbonyl (C=O) groups is 1. The summed E-state index contributed by atoms with van der Waals surface area (Å²) < 4.78 is 24.5. The normalized spacial score (nSPS) is 17.5. The maximum absolute atomic E-state index is 14.0. The van der Waals surface area contributed by atoms with Gasteiger partial charge in [0.05, 0.1) is 17.4 Å². The highest BCUT2D eigenvalue weighted by molar-refractivity contribution is 7.91. The number of hydrogen-bond donors (Lipinski definition) is 0. The van der Waals surface area contributed by atoms with Crippen molar-refractivity contribution >= 4 is 15.7 Å². The molecule has 160 valence electrons. The van der Waals surface area contributed by atoms with Crippen LogP contribution in [0.5, 0.6) is 0 Å². The highest BCUT2D eigenvalue weighted by Crippen LogP contribution is 2.30. The smallest absolute Gasteiger partial charge is 0.235 e. The standard InChI is InChI=1S/C26H27NO3S/c1-20-12-14-21(15-13-20)18-27(24-16-17-31(29,30)19-24)26(28)25(22-8-4-2-5-9-22)23-10-6-3-7-11-23/h2-15,24-25H,16-19H2,1H3/t24-/m1/s1. The van der Waals surface area contributed by atoms with Gasteiger partial charge in [0, 0.05) is 12.6 Å². The van der Waals surface area contributed by atoms with E-state index in [0.29, 0.717) is 13.0 Å². The van der Waals surface area contributed by atoms with E-state index in [1.54, 1.807) is 4.90 Å². The van der Waals surface area contributed by atoms with Gasteiger partial charge in [-0.05, 0) is 30.0 Å². The third kappa shape index (κ3) is 5.05. The Bertz CT molecular complexity index is 1090. The summed E-state index contributed by atoms with van der Waals surface area (Å²) in [5, 5.41) is 0. The minimum Gasteiger partial charge on any atom is -0.334 e. The minimum absolute atomic E-state index is 0.0287. The van der Waals surface area contributed by atoms with Crippen LogP contribution in [0.3, 0.4) is 0 Å². The number of benzene rings is 3. The molecular formula is C26H27NO3S. The van der Waals surface area contributed by atoms with E-state index in [-0.39, 0.29) is 23.5 Å². The van der Waals surface area contributed by atoms with E-state index in [1.165, 1.54) is 0 Å². The van der Waals surface area contributed by atoms with Crippen LogP contribution in [0.25, 0.3) is 0 Å². The zero-order valence-electron chi connectivity index (χ0n) is 17.6. The molecule has 0 spiro atoms. The van der Waals surface area contributed by atoms with Crippen molar-refractivity contribution in [3.8, 4) is 0 Å². The van der Waals surface area contributed by atoms with Crippen LogP contribution in [0, 0.1) is 6.92 Å². The lowest BCUT2D eigenvalue weighted by molar-refractivity contribution is -0.134. The fraction of sp³-hybridized carbons (Fsp3) is 0.269. The Hall–Kier alpha value is -2.92. The van der Waals surface area contributed by atoms with Gasteiger partial charge in [0.1, 0.15) is 0 Å². The van der Waals surface area contributed by atoms with E-state index in [9.17, 15) is 13.2 Å². The van der Waals surface area contributed by atoms with E-state index >= 15 is 0 Å². The van der Waals surface area contributed by atoms with Gasteiger partial charge in [0.2, 0.25) is 5.91 Å². The van der Waals surface area contributed by atoms with Gasteiger partial charge in [0.15, 0.2) is 9.84 Å². The summed E-state index contributed by atoms with van der Waals surface area (Å²) in [7, 11) is -3.12. The minimum atomic E-state index is -3.12. The Morgan fingerprint density at radius 3 is 1.94 bits per heavy atom. The topological polar surface area (TPSA) is 54.5 Å². The fourth-order valence-corrected chi connectivity index (χ4v) is 5.96. The largest absolute Gasteiger partial charge is 0.334 e. The SMILES string of the molecule is Cc1ccc(CN(C(=O)C(c2ccccc2)c2ccccc2)[C@@H]2CCS(=O)(=O)C2)cc1. The van der Waals surface area contributed by atoms with Crippen LogP contribution in [0.4, 0.5) is 0 Å². The quantitative estimate of drug-likeness (QED) is 0.581. The first kappa shape index (κ1) is 21.3. The molecule has 0 saturated carbocycles. The zero-order valence-corrected chi connectivity index (χ0v) is 18.5. The van der Waals surface area contributed by atoms with Gasteiger partial charge in [-0.15, -0.1) is 0 Å². The average Bonchev–Trinajstić information content (AvgIpc) is 3.14. The van der Waals surface area contributed by atoms with E-state index in [2.05, 4.69) is 0 Å². The van der Waals surface area contributed by atoms with Crippen molar-refractivity contribution in [2.24, 2.45) is 0 Å². The molecule has 0 aliphatic carbocycles. The first-order valence-corrected chi connectivity index (χ1v) is 12.4. The van der Waals surface area contributed by atoms with Crippen molar-refractivity contribution in [3.63, 3.8) is 0 Å². The summed E-state index contributed by atoms with van der Waals surface area (Å²) in [6.07, 6.45) is 0.482. The average molecular weight is 434 g/mol. The Balaban J connectivity index is 1.74. The van der Waals surface area contributed by atoms with Crippen molar-refractivity contribution in [3.05, 3.63) is 107 Å². The number of amides is 1. The van der Waals surface area contributed by atoms with Crippen molar-refractivity contribution in [2.45, 2.75) is 31.8 Å². The monoisotopic (exact) mass is 433 g/mol. The molecule has 31 heavy (non-hydrogen) atoms. The number of sulfone groups is 1. The van der Waals surface area contributed by atoms with Crippen LogP contribution in [0.1, 0.15) is 34.6 Å². The molecule has 4 nitrogen and oxygen atoms in total. The van der Waals surface area contributed by atoms with E-state index < -0.39 is 15.8 Å². The molecule has 0 bridgehead atoms. The predicted octanol–water partition coefficient (Wildman–Crippen LogP) is 4.34. The van der Waals surface area contributed by atoms with Crippen LogP contribution >= 0.6 is 0 Å². The molecule has 1 heterocycles. The maximum atomic E-state index is 14.0. The molecule has 1 saturated heterocycles. The van der Waals surface area contributed by atoms with E-state index in [1.807, 2.05) is 91.9 Å². The summed E-state index contributed by atoms with van der Waals surface area (Å²) in [6, 6.07) is 27.2. The Morgan fingerprint density at radius 2 is 1.45 bits per heavy atom. The second-order valence-corrected chi connectivity index (χ2v) is 10.5. The lowest BCUT2D eigenvalue weighted by atomic mass is 9.89. The molecular weight excluding hydrogens is 406 g/mol. The van der Waals surface area contributed by atoms with Gasteiger partial charge >= 0.3 is 0 Å². The van der Waals surface area contributed by atoms with Crippen LogP contribution in [0.2, 0.25) is 0 Å². The fourth-order valence-electron chi connectivity index (χ4n) is 4.23. The molecule has 0 N–H and O–H groups in total. The van der Waals surface area contributed by atoms with Crippen LogP contribution in [-0.2, 0) is 21.2 Å². The molecule has 1 aliphatic heterocycles. The van der Waals surface area contributed by atoms with Gasteiger partial charge in [-0.1, -0.05) is 90.5 Å². The third-order valence-electron chi connectivity index (χ3n) is 5.92. The molecule has 1 fully saturated rings. The number of carbonyl (C=O) groups excluding carboxylic acids is 1. The predicted molar refractivity (Wildman–Crippen MR) is 124 cm³/mol. The molecule has 0 unspecified atom stereocenters. The molecule has 0 radical (unpaired) electrons. The number of hydrogen-bond acceptors (Lipinski definition) is 3. The van der Waals surface area contributed by atoms with Gasteiger partial charge in [-0.3, -0.25) is 4.79 Å². The van der Waals surface area contributed by atoms with E-state index in [4.69, 9.17) is 0 Å². The van der Waals surface area contributed by atoms with Gasteiger partial charge < -0.3 is 4.90 Å². The van der Waals surface area contributed by atoms with Gasteiger partial charge in [-0.2, -0.15) is 0 Å². The molecule has 5 heteroatoms. The lowest BCUT2D eigenvalue weighted by Gasteiger charge is -2.32. The van der Waals surface area contributed by atoms with Crippen LogP contribution < -0.4 is 0 Å². The summed E-state index contributed by atoms with van der Waals surface area (Å²) in [6.45, 7) is 2.42. The Morgan fingerprint density at radius 1 is 0.903 bits per heavy atom. The second kappa shape index (κ2) is 9.06. The summed E-state index contributed by atoms with van der Waals surface area (Å²) in [5.41, 5.74) is 3.97. The zero-order chi connectivity index (χ0) is 21.8. The van der Waals surface area contributed by atoms with E-state index in [0.717, 1.165) is 22.3 Å². The maximum Gasteiger partial charge on any atom is 0.235 e. The first-order valence-electron chi connectivity index (χ1n) is 10.6. The molecule has 1 aliphatic rings. The highest BCUT2D eigenvalue weighted by atomic mass is 32.2. The number of nitrogens with zero attached hydrogens (tertiary/aromatic N) is 1. The first-order chi connectivity index (χ1) is 14.9. The van der Waals surface area contributed by atoms with Crippen LogP contribution in [-0.4, -0.2) is 36.8 Å². The molecule has 3 aromatic carbocycles. The molecule has 3 aromatic rings. The van der Waals surface area contributed by atoms with Gasteiger partial charge in [-0.25, -0.2) is 8.42 Å². The van der Waals surface area contributed by atoms with Crippen molar-refractivity contribution in [2.75, 3.05) is 11.5 Å².